The number of ether oxygens (including phenoxy) is 1. The molecule has 3 heterocycles. The minimum absolute atomic E-state index is 0.433. The number of hydrogen-bond acceptors (Lipinski definition) is 7. The molecule has 8 nitrogen and oxygen atoms in total. The number of carbonyl (C=O) groups is 1. The summed E-state index contributed by atoms with van der Waals surface area (Å²) in [6.45, 7) is 8.66. The molecular weight excluding hydrogens is 498 g/mol. The van der Waals surface area contributed by atoms with Gasteiger partial charge in [0.05, 0.1) is 18.7 Å². The highest BCUT2D eigenvalue weighted by Crippen LogP contribution is 2.41. The van der Waals surface area contributed by atoms with Gasteiger partial charge in [0.25, 0.3) is 0 Å². The monoisotopic (exact) mass is 529 g/mol. The molecule has 196 valence electrons. The summed E-state index contributed by atoms with van der Waals surface area (Å²) in [5.41, 5.74) is 6.00. The Labute approximate surface area is 226 Å². The van der Waals surface area contributed by atoms with Gasteiger partial charge in [-0.05, 0) is 62.6 Å². The lowest BCUT2D eigenvalue weighted by Gasteiger charge is -2.19. The third kappa shape index (κ3) is 4.58. The van der Waals surface area contributed by atoms with Crippen LogP contribution in [0.4, 0.5) is 5.69 Å². The summed E-state index contributed by atoms with van der Waals surface area (Å²) in [5.74, 6) is 0.534. The number of aromatic nitrogens is 3. The van der Waals surface area contributed by atoms with Crippen molar-refractivity contribution in [1.29, 1.82) is 0 Å². The summed E-state index contributed by atoms with van der Waals surface area (Å²) >= 11 is 1.66. The first-order valence-electron chi connectivity index (χ1n) is 12.6. The van der Waals surface area contributed by atoms with Crippen molar-refractivity contribution in [3.05, 3.63) is 87.3 Å². The Kier molecular flexibility index (Phi) is 7.03. The van der Waals surface area contributed by atoms with E-state index in [0.29, 0.717) is 18.8 Å². The largest absolute Gasteiger partial charge is 0.497 e. The molecule has 0 spiro atoms. The predicted octanol–water partition coefficient (Wildman–Crippen LogP) is 5.88. The minimum atomic E-state index is -0.885. The van der Waals surface area contributed by atoms with Crippen molar-refractivity contribution < 1.29 is 14.6 Å². The van der Waals surface area contributed by atoms with Crippen LogP contribution in [0.2, 0.25) is 0 Å². The molecule has 2 aromatic heterocycles. The van der Waals surface area contributed by atoms with Gasteiger partial charge in [0.1, 0.15) is 22.6 Å². The Balaban J connectivity index is 1.54. The second kappa shape index (κ2) is 10.4. The van der Waals surface area contributed by atoms with E-state index in [1.807, 2.05) is 66.9 Å². The van der Waals surface area contributed by atoms with E-state index in [1.54, 1.807) is 18.4 Å². The maximum absolute atomic E-state index is 12.3. The van der Waals surface area contributed by atoms with Crippen LogP contribution in [-0.4, -0.2) is 38.7 Å². The van der Waals surface area contributed by atoms with Crippen LogP contribution in [0, 0.1) is 26.7 Å². The van der Waals surface area contributed by atoms with Crippen LogP contribution in [0.1, 0.15) is 58.2 Å². The predicted molar refractivity (Wildman–Crippen MR) is 150 cm³/mol. The average Bonchev–Trinajstić information content (AvgIpc) is 3.39. The highest BCUT2D eigenvalue weighted by molar-refractivity contribution is 7.15. The Morgan fingerprint density at radius 2 is 1.82 bits per heavy atom. The molecule has 2 aromatic carbocycles. The number of carboxylic acids is 1. The summed E-state index contributed by atoms with van der Waals surface area (Å²) in [7, 11) is 1.66. The van der Waals surface area contributed by atoms with Gasteiger partial charge >= 0.3 is 5.97 Å². The third-order valence-electron chi connectivity index (χ3n) is 7.14. The lowest BCUT2D eigenvalue weighted by molar-refractivity contribution is -0.142. The van der Waals surface area contributed by atoms with E-state index in [9.17, 15) is 9.90 Å². The maximum Gasteiger partial charge on any atom is 0.309 e. The first-order chi connectivity index (χ1) is 18.3. The van der Waals surface area contributed by atoms with Crippen LogP contribution < -0.4 is 10.1 Å². The molecule has 0 radical (unpaired) electrons. The lowest BCUT2D eigenvalue weighted by Crippen LogP contribution is -2.23. The van der Waals surface area contributed by atoms with Crippen LogP contribution in [0.15, 0.2) is 53.5 Å². The molecule has 2 atom stereocenters. The Bertz CT molecular complexity index is 1500. The summed E-state index contributed by atoms with van der Waals surface area (Å²) in [5, 5.41) is 23.2. The fraction of sp³-hybridized carbons (Fsp3) is 0.310. The Morgan fingerprint density at radius 3 is 2.45 bits per heavy atom. The number of carboxylic acid groups (broad SMARTS) is 1. The van der Waals surface area contributed by atoms with E-state index in [4.69, 9.17) is 9.73 Å². The zero-order chi connectivity index (χ0) is 27.0. The molecular formula is C29H31N5O3S. The average molecular weight is 530 g/mol. The number of aryl methyl sites for hydroxylation is 2. The molecule has 0 fully saturated rings. The molecule has 38 heavy (non-hydrogen) atoms. The number of hydrogen-bond donors (Lipinski definition) is 2. The van der Waals surface area contributed by atoms with E-state index in [2.05, 4.69) is 29.4 Å². The molecule has 1 aliphatic heterocycles. The second-order valence-electron chi connectivity index (χ2n) is 9.46. The van der Waals surface area contributed by atoms with Crippen LogP contribution >= 0.6 is 11.3 Å². The van der Waals surface area contributed by atoms with Crippen molar-refractivity contribution in [2.75, 3.05) is 12.4 Å². The maximum atomic E-state index is 12.3. The van der Waals surface area contributed by atoms with Gasteiger partial charge in [0.2, 0.25) is 0 Å². The highest BCUT2D eigenvalue weighted by Gasteiger charge is 2.37. The van der Waals surface area contributed by atoms with Crippen molar-refractivity contribution in [3.63, 3.8) is 0 Å². The SMILES string of the molecule is CC[C@H](C(=O)O)C1N=C(c2ccc(NCc3ccc(OC)cc3)cc2)c2c(sc(C)c2C)-n2c(C)nnc21. The summed E-state index contributed by atoms with van der Waals surface area (Å²) in [6.07, 6.45) is 0.433. The van der Waals surface area contributed by atoms with Crippen molar-refractivity contribution in [3.8, 4) is 10.8 Å². The fourth-order valence-corrected chi connectivity index (χ4v) is 6.06. The van der Waals surface area contributed by atoms with Crippen LogP contribution in [0.3, 0.4) is 0 Å². The quantitative estimate of drug-likeness (QED) is 0.296. The number of aliphatic carboxylic acids is 1. The standard InChI is InChI=1S/C29H31N5O3S/c1-6-23(29(35)36)26-27-33-32-18(4)34(27)28-24(16(2)17(3)38-28)25(31-26)20-9-11-21(12-10-20)30-15-19-7-13-22(37-5)14-8-19/h7-14,23,26,30H,6,15H2,1-5H3,(H,35,36)/t23-,26?/m0/s1. The number of nitrogens with zero attached hydrogens (tertiary/aromatic N) is 4. The van der Waals surface area contributed by atoms with E-state index in [0.717, 1.165) is 50.2 Å². The first kappa shape index (κ1) is 25.7. The molecule has 1 unspecified atom stereocenters. The van der Waals surface area contributed by atoms with E-state index in [-0.39, 0.29) is 0 Å². The van der Waals surface area contributed by atoms with Crippen LogP contribution in [0.5, 0.6) is 5.75 Å². The molecule has 4 aromatic rings. The normalized spacial score (nSPS) is 15.2. The number of rotatable bonds is 8. The zero-order valence-corrected chi connectivity index (χ0v) is 23.0. The van der Waals surface area contributed by atoms with Crippen LogP contribution in [-0.2, 0) is 11.3 Å². The van der Waals surface area contributed by atoms with E-state index >= 15 is 0 Å². The Hall–Kier alpha value is -3.98. The molecule has 0 bridgehead atoms. The van der Waals surface area contributed by atoms with Gasteiger partial charge in [0.15, 0.2) is 5.82 Å². The Morgan fingerprint density at radius 1 is 1.11 bits per heavy atom. The zero-order valence-electron chi connectivity index (χ0n) is 22.1. The highest BCUT2D eigenvalue weighted by atomic mass is 32.1. The van der Waals surface area contributed by atoms with Crippen molar-refractivity contribution in [2.45, 2.75) is 46.7 Å². The number of benzene rings is 2. The van der Waals surface area contributed by atoms with E-state index in [1.165, 1.54) is 4.88 Å². The molecule has 0 saturated heterocycles. The minimum Gasteiger partial charge on any atom is -0.497 e. The van der Waals surface area contributed by atoms with Crippen molar-refractivity contribution >= 4 is 28.7 Å². The van der Waals surface area contributed by atoms with Gasteiger partial charge < -0.3 is 15.2 Å². The van der Waals surface area contributed by atoms with E-state index < -0.39 is 17.9 Å². The third-order valence-corrected chi connectivity index (χ3v) is 8.33. The number of thiophene rings is 1. The van der Waals surface area contributed by atoms with Crippen molar-refractivity contribution in [1.82, 2.24) is 14.8 Å². The molecule has 0 aliphatic carbocycles. The smallest absolute Gasteiger partial charge is 0.309 e. The first-order valence-corrected chi connectivity index (χ1v) is 13.4. The number of anilines is 1. The summed E-state index contributed by atoms with van der Waals surface area (Å²) in [6, 6.07) is 15.5. The van der Waals surface area contributed by atoms with Gasteiger partial charge in [-0.15, -0.1) is 21.5 Å². The lowest BCUT2D eigenvalue weighted by atomic mass is 9.95. The van der Waals surface area contributed by atoms with Gasteiger partial charge in [0, 0.05) is 28.2 Å². The van der Waals surface area contributed by atoms with Crippen molar-refractivity contribution in [2.24, 2.45) is 10.9 Å². The topological polar surface area (TPSA) is 102 Å². The summed E-state index contributed by atoms with van der Waals surface area (Å²) in [4.78, 5) is 18.6. The molecule has 1 aliphatic rings. The molecule has 5 rings (SSSR count). The second-order valence-corrected chi connectivity index (χ2v) is 10.7. The molecule has 9 heteroatoms. The van der Waals surface area contributed by atoms with Gasteiger partial charge in [-0.2, -0.15) is 0 Å². The fourth-order valence-electron chi connectivity index (χ4n) is 4.84. The molecule has 0 amide bonds. The number of fused-ring (bicyclic) bond motifs is 3. The summed E-state index contributed by atoms with van der Waals surface area (Å²) < 4.78 is 7.24. The van der Waals surface area contributed by atoms with Crippen LogP contribution in [0.25, 0.3) is 5.00 Å². The number of aliphatic imine (C=N–C) groups is 1. The van der Waals surface area contributed by atoms with Gasteiger partial charge in [-0.1, -0.05) is 31.2 Å². The molecule has 0 saturated carbocycles. The number of nitrogens with one attached hydrogen (secondary N) is 1. The molecule has 2 N–H and O–H groups in total. The number of methoxy groups -OCH3 is 1. The van der Waals surface area contributed by atoms with Gasteiger partial charge in [-0.3, -0.25) is 14.4 Å². The van der Waals surface area contributed by atoms with Gasteiger partial charge in [-0.25, -0.2) is 0 Å².